The van der Waals surface area contributed by atoms with Gasteiger partial charge >= 0.3 is 0 Å². The van der Waals surface area contributed by atoms with Crippen LogP contribution in [0.1, 0.15) is 26.2 Å². The first-order valence-corrected chi connectivity index (χ1v) is 5.91. The number of nitrogens with one attached hydrogen (secondary N) is 1. The molecular formula is C13H16N2O2. The SMILES string of the molecule is CCC(=O)Nc1ccc(N2CCCC2=O)cc1. The monoisotopic (exact) mass is 232 g/mol. The molecule has 2 amide bonds. The van der Waals surface area contributed by atoms with E-state index in [0.29, 0.717) is 12.8 Å². The standard InChI is InChI=1S/C13H16N2O2/c1-2-12(16)14-10-5-7-11(8-6-10)15-9-3-4-13(15)17/h5-8H,2-4,9H2,1H3,(H,14,16). The summed E-state index contributed by atoms with van der Waals surface area (Å²) >= 11 is 0. The van der Waals surface area contributed by atoms with Crippen LogP contribution >= 0.6 is 0 Å². The van der Waals surface area contributed by atoms with Crippen molar-refractivity contribution in [3.8, 4) is 0 Å². The summed E-state index contributed by atoms with van der Waals surface area (Å²) in [6, 6.07) is 7.39. The van der Waals surface area contributed by atoms with Crippen molar-refractivity contribution < 1.29 is 9.59 Å². The number of anilines is 2. The van der Waals surface area contributed by atoms with Crippen LogP contribution in [0.25, 0.3) is 0 Å². The summed E-state index contributed by atoms with van der Waals surface area (Å²) in [7, 11) is 0. The summed E-state index contributed by atoms with van der Waals surface area (Å²) in [6.45, 7) is 2.60. The highest BCUT2D eigenvalue weighted by Gasteiger charge is 2.21. The molecule has 1 saturated heterocycles. The van der Waals surface area contributed by atoms with Gasteiger partial charge in [0.25, 0.3) is 0 Å². The molecule has 4 heteroatoms. The minimum Gasteiger partial charge on any atom is -0.326 e. The van der Waals surface area contributed by atoms with E-state index in [1.54, 1.807) is 4.90 Å². The Morgan fingerprint density at radius 2 is 2.06 bits per heavy atom. The lowest BCUT2D eigenvalue weighted by molar-refractivity contribution is -0.117. The van der Waals surface area contributed by atoms with E-state index >= 15 is 0 Å². The molecule has 0 bridgehead atoms. The number of benzene rings is 1. The average molecular weight is 232 g/mol. The highest BCUT2D eigenvalue weighted by Crippen LogP contribution is 2.22. The summed E-state index contributed by atoms with van der Waals surface area (Å²) in [5.41, 5.74) is 1.68. The summed E-state index contributed by atoms with van der Waals surface area (Å²) in [4.78, 5) is 24.5. The lowest BCUT2D eigenvalue weighted by atomic mass is 10.2. The lowest BCUT2D eigenvalue weighted by Crippen LogP contribution is -2.23. The van der Waals surface area contributed by atoms with Gasteiger partial charge in [0.15, 0.2) is 0 Å². The zero-order chi connectivity index (χ0) is 12.3. The summed E-state index contributed by atoms with van der Waals surface area (Å²) < 4.78 is 0. The van der Waals surface area contributed by atoms with Gasteiger partial charge in [-0.2, -0.15) is 0 Å². The van der Waals surface area contributed by atoms with Crippen LogP contribution in [-0.4, -0.2) is 18.4 Å². The highest BCUT2D eigenvalue weighted by molar-refractivity contribution is 5.96. The van der Waals surface area contributed by atoms with Crippen LogP contribution in [-0.2, 0) is 9.59 Å². The van der Waals surface area contributed by atoms with Gasteiger partial charge in [-0.1, -0.05) is 6.92 Å². The van der Waals surface area contributed by atoms with Crippen molar-refractivity contribution in [2.24, 2.45) is 0 Å². The van der Waals surface area contributed by atoms with Crippen molar-refractivity contribution >= 4 is 23.2 Å². The Kier molecular flexibility index (Phi) is 3.42. The predicted molar refractivity (Wildman–Crippen MR) is 66.9 cm³/mol. The van der Waals surface area contributed by atoms with Gasteiger partial charge in [-0.15, -0.1) is 0 Å². The smallest absolute Gasteiger partial charge is 0.227 e. The van der Waals surface area contributed by atoms with Crippen molar-refractivity contribution in [3.05, 3.63) is 24.3 Å². The van der Waals surface area contributed by atoms with E-state index in [0.717, 1.165) is 24.3 Å². The molecular weight excluding hydrogens is 216 g/mol. The third-order valence-corrected chi connectivity index (χ3v) is 2.86. The van der Waals surface area contributed by atoms with Gasteiger partial charge in [-0.25, -0.2) is 0 Å². The van der Waals surface area contributed by atoms with Gasteiger partial charge < -0.3 is 10.2 Å². The molecule has 0 radical (unpaired) electrons. The van der Waals surface area contributed by atoms with Crippen molar-refractivity contribution in [1.29, 1.82) is 0 Å². The minimum atomic E-state index is -0.00463. The van der Waals surface area contributed by atoms with Crippen molar-refractivity contribution in [2.75, 3.05) is 16.8 Å². The number of hydrogen-bond donors (Lipinski definition) is 1. The highest BCUT2D eigenvalue weighted by atomic mass is 16.2. The third kappa shape index (κ3) is 2.64. The molecule has 0 atom stereocenters. The number of rotatable bonds is 3. The van der Waals surface area contributed by atoms with Crippen LogP contribution in [0.5, 0.6) is 0 Å². The van der Waals surface area contributed by atoms with E-state index in [9.17, 15) is 9.59 Å². The number of nitrogens with zero attached hydrogens (tertiary/aromatic N) is 1. The van der Waals surface area contributed by atoms with E-state index in [4.69, 9.17) is 0 Å². The Morgan fingerprint density at radius 1 is 1.35 bits per heavy atom. The largest absolute Gasteiger partial charge is 0.326 e. The molecule has 0 unspecified atom stereocenters. The molecule has 0 aromatic heterocycles. The first-order valence-electron chi connectivity index (χ1n) is 5.91. The fraction of sp³-hybridized carbons (Fsp3) is 0.385. The maximum atomic E-state index is 11.5. The van der Waals surface area contributed by atoms with Crippen molar-refractivity contribution in [3.63, 3.8) is 0 Å². The summed E-state index contributed by atoms with van der Waals surface area (Å²) in [5.74, 6) is 0.172. The molecule has 1 aliphatic rings. The lowest BCUT2D eigenvalue weighted by Gasteiger charge is -2.16. The predicted octanol–water partition coefficient (Wildman–Crippen LogP) is 2.16. The number of hydrogen-bond acceptors (Lipinski definition) is 2. The quantitative estimate of drug-likeness (QED) is 0.868. The molecule has 0 spiro atoms. The van der Waals surface area contributed by atoms with Gasteiger partial charge in [-0.05, 0) is 30.7 Å². The van der Waals surface area contributed by atoms with Gasteiger partial charge in [-0.3, -0.25) is 9.59 Å². The van der Waals surface area contributed by atoms with E-state index in [2.05, 4.69) is 5.32 Å². The van der Waals surface area contributed by atoms with Gasteiger partial charge in [0, 0.05) is 30.8 Å². The molecule has 0 saturated carbocycles. The fourth-order valence-electron chi connectivity index (χ4n) is 1.90. The molecule has 1 aliphatic heterocycles. The summed E-state index contributed by atoms with van der Waals surface area (Å²) in [5, 5.41) is 2.78. The van der Waals surface area contributed by atoms with Crippen LogP contribution < -0.4 is 10.2 Å². The molecule has 2 rings (SSSR count). The second-order valence-electron chi connectivity index (χ2n) is 4.10. The Morgan fingerprint density at radius 3 is 2.59 bits per heavy atom. The Labute approximate surface area is 101 Å². The number of carbonyl (C=O) groups is 2. The van der Waals surface area contributed by atoms with Crippen LogP contribution in [0.15, 0.2) is 24.3 Å². The Hall–Kier alpha value is -1.84. The van der Waals surface area contributed by atoms with Gasteiger partial charge in [0.05, 0.1) is 0 Å². The number of amides is 2. The van der Waals surface area contributed by atoms with Crippen LogP contribution in [0.4, 0.5) is 11.4 Å². The zero-order valence-corrected chi connectivity index (χ0v) is 9.90. The number of carbonyl (C=O) groups excluding carboxylic acids is 2. The molecule has 90 valence electrons. The maximum absolute atomic E-state index is 11.5. The topological polar surface area (TPSA) is 49.4 Å². The normalized spacial score (nSPS) is 15.1. The molecule has 1 aromatic rings. The first-order chi connectivity index (χ1) is 8.20. The molecule has 4 nitrogen and oxygen atoms in total. The fourth-order valence-corrected chi connectivity index (χ4v) is 1.90. The van der Waals surface area contributed by atoms with Crippen molar-refractivity contribution in [1.82, 2.24) is 0 Å². The van der Waals surface area contributed by atoms with Crippen LogP contribution in [0.3, 0.4) is 0 Å². The maximum Gasteiger partial charge on any atom is 0.227 e. The molecule has 1 heterocycles. The second-order valence-corrected chi connectivity index (χ2v) is 4.10. The third-order valence-electron chi connectivity index (χ3n) is 2.86. The van der Waals surface area contributed by atoms with Crippen molar-refractivity contribution in [2.45, 2.75) is 26.2 Å². The second kappa shape index (κ2) is 4.99. The zero-order valence-electron chi connectivity index (χ0n) is 9.90. The molecule has 17 heavy (non-hydrogen) atoms. The first kappa shape index (κ1) is 11.6. The van der Waals surface area contributed by atoms with Gasteiger partial charge in [0.2, 0.25) is 11.8 Å². The molecule has 0 aliphatic carbocycles. The molecule has 1 N–H and O–H groups in total. The van der Waals surface area contributed by atoms with E-state index < -0.39 is 0 Å². The minimum absolute atomic E-state index is 0.00463. The van der Waals surface area contributed by atoms with E-state index in [-0.39, 0.29) is 11.8 Å². The van der Waals surface area contributed by atoms with E-state index in [1.165, 1.54) is 0 Å². The molecule has 1 aromatic carbocycles. The Bertz CT molecular complexity index is 426. The average Bonchev–Trinajstić information content (AvgIpc) is 2.76. The summed E-state index contributed by atoms with van der Waals surface area (Å²) in [6.07, 6.45) is 2.02. The molecule has 1 fully saturated rings. The Balaban J connectivity index is 2.07. The van der Waals surface area contributed by atoms with Crippen LogP contribution in [0, 0.1) is 0 Å². The van der Waals surface area contributed by atoms with Gasteiger partial charge in [0.1, 0.15) is 0 Å². The van der Waals surface area contributed by atoms with E-state index in [1.807, 2.05) is 31.2 Å². The van der Waals surface area contributed by atoms with Crippen LogP contribution in [0.2, 0.25) is 0 Å².